The Balaban J connectivity index is 2.00. The van der Waals surface area contributed by atoms with E-state index in [2.05, 4.69) is 51.9 Å². The normalized spacial score (nSPS) is 43.6. The first-order chi connectivity index (χ1) is 8.85. The summed E-state index contributed by atoms with van der Waals surface area (Å²) >= 11 is 0. The number of nitrogens with zero attached hydrogens (tertiary/aromatic N) is 1. The molecule has 1 N–H and O–H groups in total. The van der Waals surface area contributed by atoms with Gasteiger partial charge in [-0.2, -0.15) is 0 Å². The maximum atomic E-state index is 3.60. The highest BCUT2D eigenvalue weighted by molar-refractivity contribution is 4.97. The zero-order chi connectivity index (χ0) is 14.2. The molecule has 2 fully saturated rings. The molecule has 2 nitrogen and oxygen atoms in total. The maximum absolute atomic E-state index is 3.60. The van der Waals surface area contributed by atoms with Crippen molar-refractivity contribution in [3.05, 3.63) is 0 Å². The average molecular weight is 266 g/mol. The third-order valence-electron chi connectivity index (χ3n) is 5.97. The Kier molecular flexibility index (Phi) is 4.62. The van der Waals surface area contributed by atoms with Crippen molar-refractivity contribution in [2.45, 2.75) is 66.0 Å². The molecule has 0 amide bonds. The van der Waals surface area contributed by atoms with Crippen LogP contribution in [0.2, 0.25) is 0 Å². The van der Waals surface area contributed by atoms with Crippen LogP contribution in [0.15, 0.2) is 0 Å². The van der Waals surface area contributed by atoms with Gasteiger partial charge in [0.2, 0.25) is 0 Å². The molecule has 5 unspecified atom stereocenters. The van der Waals surface area contributed by atoms with Crippen LogP contribution >= 0.6 is 0 Å². The molecule has 0 aromatic rings. The lowest BCUT2D eigenvalue weighted by molar-refractivity contribution is 0.0583. The topological polar surface area (TPSA) is 15.3 Å². The summed E-state index contributed by atoms with van der Waals surface area (Å²) in [5.41, 5.74) is 0.468. The molecular formula is C17H34N2. The number of hydrogen-bond acceptors (Lipinski definition) is 2. The second kappa shape index (κ2) is 5.73. The Morgan fingerprint density at radius 3 is 2.53 bits per heavy atom. The number of nitrogens with one attached hydrogen (secondary N) is 1. The Hall–Kier alpha value is -0.0800. The monoisotopic (exact) mass is 266 g/mol. The lowest BCUT2D eigenvalue weighted by Crippen LogP contribution is -2.50. The molecule has 0 bridgehead atoms. The van der Waals surface area contributed by atoms with Crippen LogP contribution in [0.4, 0.5) is 0 Å². The third kappa shape index (κ3) is 3.16. The molecule has 0 spiro atoms. The van der Waals surface area contributed by atoms with Crippen LogP contribution in [0.25, 0.3) is 0 Å². The standard InChI is InChI=1S/C17H34N2/c1-12-9-13(2)14(3)19(10-12)11-15-7-8-17(4,5)16(15)18-6/h12-16,18H,7-11H2,1-6H3. The summed E-state index contributed by atoms with van der Waals surface area (Å²) in [6.45, 7) is 14.7. The van der Waals surface area contributed by atoms with Gasteiger partial charge < -0.3 is 5.32 Å². The van der Waals surface area contributed by atoms with E-state index in [9.17, 15) is 0 Å². The Bertz CT molecular complexity index is 300. The van der Waals surface area contributed by atoms with E-state index in [1.807, 2.05) is 0 Å². The number of likely N-dealkylation sites (tertiary alicyclic amines) is 1. The summed E-state index contributed by atoms with van der Waals surface area (Å²) < 4.78 is 0. The van der Waals surface area contributed by atoms with E-state index in [1.165, 1.54) is 32.4 Å². The van der Waals surface area contributed by atoms with Gasteiger partial charge in [0, 0.05) is 25.2 Å². The molecule has 1 heterocycles. The largest absolute Gasteiger partial charge is 0.316 e. The van der Waals surface area contributed by atoms with Crippen LogP contribution in [0.3, 0.4) is 0 Å². The molecule has 2 heteroatoms. The lowest BCUT2D eigenvalue weighted by Gasteiger charge is -2.43. The summed E-state index contributed by atoms with van der Waals surface area (Å²) in [7, 11) is 2.15. The molecular weight excluding hydrogens is 232 g/mol. The first kappa shape index (κ1) is 15.3. The number of rotatable bonds is 3. The summed E-state index contributed by atoms with van der Waals surface area (Å²) in [4.78, 5) is 2.77. The summed E-state index contributed by atoms with van der Waals surface area (Å²) in [6.07, 6.45) is 4.17. The molecule has 0 radical (unpaired) electrons. The highest BCUT2D eigenvalue weighted by atomic mass is 15.2. The van der Waals surface area contributed by atoms with Crippen molar-refractivity contribution in [1.82, 2.24) is 10.2 Å². The summed E-state index contributed by atoms with van der Waals surface area (Å²) in [5, 5.41) is 3.60. The first-order valence-electron chi connectivity index (χ1n) is 8.26. The number of hydrogen-bond donors (Lipinski definition) is 1. The van der Waals surface area contributed by atoms with E-state index in [1.54, 1.807) is 0 Å². The fourth-order valence-corrected chi connectivity index (χ4v) is 4.72. The van der Waals surface area contributed by atoms with Gasteiger partial charge in [-0.25, -0.2) is 0 Å². The summed E-state index contributed by atoms with van der Waals surface area (Å²) in [6, 6.07) is 1.45. The van der Waals surface area contributed by atoms with Crippen molar-refractivity contribution in [3.8, 4) is 0 Å². The average Bonchev–Trinajstić information content (AvgIpc) is 2.60. The summed E-state index contributed by atoms with van der Waals surface area (Å²) in [5.74, 6) is 2.56. The van der Waals surface area contributed by atoms with Gasteiger partial charge in [0.05, 0.1) is 0 Å². The molecule has 2 rings (SSSR count). The van der Waals surface area contributed by atoms with E-state index in [-0.39, 0.29) is 0 Å². The molecule has 0 aromatic heterocycles. The van der Waals surface area contributed by atoms with Crippen LogP contribution < -0.4 is 5.32 Å². The Labute approximate surface area is 120 Å². The van der Waals surface area contributed by atoms with Crippen molar-refractivity contribution in [3.63, 3.8) is 0 Å². The molecule has 1 saturated carbocycles. The van der Waals surface area contributed by atoms with Crippen molar-refractivity contribution in [2.24, 2.45) is 23.2 Å². The fraction of sp³-hybridized carbons (Fsp3) is 1.00. The van der Waals surface area contributed by atoms with Crippen molar-refractivity contribution in [1.29, 1.82) is 0 Å². The van der Waals surface area contributed by atoms with Gasteiger partial charge in [-0.05, 0) is 56.4 Å². The smallest absolute Gasteiger partial charge is 0.0156 e. The highest BCUT2D eigenvalue weighted by Gasteiger charge is 2.42. The quantitative estimate of drug-likeness (QED) is 0.842. The Morgan fingerprint density at radius 2 is 1.89 bits per heavy atom. The van der Waals surface area contributed by atoms with Crippen LogP contribution in [-0.4, -0.2) is 37.1 Å². The van der Waals surface area contributed by atoms with Gasteiger partial charge >= 0.3 is 0 Å². The predicted octanol–water partition coefficient (Wildman–Crippen LogP) is 3.38. The molecule has 1 aliphatic carbocycles. The van der Waals surface area contributed by atoms with Crippen LogP contribution in [0, 0.1) is 23.2 Å². The molecule has 5 atom stereocenters. The number of piperidine rings is 1. The maximum Gasteiger partial charge on any atom is 0.0156 e. The van der Waals surface area contributed by atoms with Crippen molar-refractivity contribution < 1.29 is 0 Å². The lowest BCUT2D eigenvalue weighted by atomic mass is 9.83. The molecule has 112 valence electrons. The van der Waals surface area contributed by atoms with Gasteiger partial charge in [0.15, 0.2) is 0 Å². The highest BCUT2D eigenvalue weighted by Crippen LogP contribution is 2.42. The van der Waals surface area contributed by atoms with Gasteiger partial charge in [0.25, 0.3) is 0 Å². The first-order valence-corrected chi connectivity index (χ1v) is 8.26. The second-order valence-corrected chi connectivity index (χ2v) is 8.07. The molecule has 1 saturated heterocycles. The van der Waals surface area contributed by atoms with Crippen LogP contribution in [0.1, 0.15) is 53.9 Å². The van der Waals surface area contributed by atoms with E-state index in [4.69, 9.17) is 0 Å². The minimum atomic E-state index is 0.468. The van der Waals surface area contributed by atoms with E-state index in [0.29, 0.717) is 11.5 Å². The Morgan fingerprint density at radius 1 is 1.21 bits per heavy atom. The fourth-order valence-electron chi connectivity index (χ4n) is 4.72. The van der Waals surface area contributed by atoms with Crippen LogP contribution in [-0.2, 0) is 0 Å². The SMILES string of the molecule is CNC1C(CN2CC(C)CC(C)C2C)CCC1(C)C. The minimum Gasteiger partial charge on any atom is -0.316 e. The van der Waals surface area contributed by atoms with Gasteiger partial charge in [-0.1, -0.05) is 27.7 Å². The zero-order valence-corrected chi connectivity index (χ0v) is 13.9. The minimum absolute atomic E-state index is 0.468. The van der Waals surface area contributed by atoms with E-state index >= 15 is 0 Å². The molecule has 19 heavy (non-hydrogen) atoms. The van der Waals surface area contributed by atoms with Crippen LogP contribution in [0.5, 0.6) is 0 Å². The zero-order valence-electron chi connectivity index (χ0n) is 13.9. The van der Waals surface area contributed by atoms with Crippen molar-refractivity contribution in [2.75, 3.05) is 20.1 Å². The van der Waals surface area contributed by atoms with E-state index in [0.717, 1.165) is 23.8 Å². The third-order valence-corrected chi connectivity index (χ3v) is 5.97. The molecule has 2 aliphatic rings. The van der Waals surface area contributed by atoms with Crippen molar-refractivity contribution >= 4 is 0 Å². The predicted molar refractivity (Wildman–Crippen MR) is 83.3 cm³/mol. The van der Waals surface area contributed by atoms with Gasteiger partial charge in [0.1, 0.15) is 0 Å². The molecule has 1 aliphatic heterocycles. The van der Waals surface area contributed by atoms with Gasteiger partial charge in [-0.15, -0.1) is 0 Å². The van der Waals surface area contributed by atoms with E-state index < -0.39 is 0 Å². The second-order valence-electron chi connectivity index (χ2n) is 8.07. The van der Waals surface area contributed by atoms with Gasteiger partial charge in [-0.3, -0.25) is 4.90 Å². The molecule has 0 aromatic carbocycles.